The van der Waals surface area contributed by atoms with Gasteiger partial charge in [0.05, 0.1) is 26.3 Å². The normalized spacial score (nSPS) is 12.0. The molecule has 1 heterocycles. The van der Waals surface area contributed by atoms with Crippen LogP contribution < -0.4 is 14.8 Å². The highest BCUT2D eigenvalue weighted by atomic mass is 16.6. The molecule has 0 spiro atoms. The van der Waals surface area contributed by atoms with Crippen molar-refractivity contribution in [2.75, 3.05) is 21.3 Å². The van der Waals surface area contributed by atoms with Gasteiger partial charge in [-0.05, 0) is 31.3 Å². The van der Waals surface area contributed by atoms with Gasteiger partial charge in [-0.2, -0.15) is 0 Å². The monoisotopic (exact) mass is 292 g/mol. The van der Waals surface area contributed by atoms with Crippen molar-refractivity contribution in [1.29, 1.82) is 0 Å². The van der Waals surface area contributed by atoms with Crippen molar-refractivity contribution in [2.24, 2.45) is 0 Å². The largest absolute Gasteiger partial charge is 0.497 e. The van der Waals surface area contributed by atoms with Gasteiger partial charge in [-0.3, -0.25) is 10.1 Å². The number of benzene rings is 1. The number of nitrogens with one attached hydrogen (secondary N) is 1. The fraction of sp³-hybridized carbons (Fsp3) is 0.286. The number of rotatable bonds is 6. The number of furan rings is 1. The average Bonchev–Trinajstić information content (AvgIpc) is 2.98. The van der Waals surface area contributed by atoms with Gasteiger partial charge in [-0.25, -0.2) is 0 Å². The van der Waals surface area contributed by atoms with Crippen molar-refractivity contribution in [3.05, 3.63) is 51.8 Å². The number of nitrogens with zero attached hydrogens (tertiary/aromatic N) is 1. The molecule has 1 aromatic carbocycles. The molecule has 1 N–H and O–H groups in total. The first-order valence-electron chi connectivity index (χ1n) is 6.24. The van der Waals surface area contributed by atoms with Crippen LogP contribution in [0.1, 0.15) is 17.4 Å². The van der Waals surface area contributed by atoms with Crippen molar-refractivity contribution in [3.8, 4) is 11.5 Å². The molecule has 7 heteroatoms. The molecule has 2 aromatic rings. The number of methoxy groups -OCH3 is 2. The van der Waals surface area contributed by atoms with E-state index in [1.165, 1.54) is 6.07 Å². The Morgan fingerprint density at radius 1 is 1.24 bits per heavy atom. The second kappa shape index (κ2) is 6.27. The zero-order valence-electron chi connectivity index (χ0n) is 12.0. The Morgan fingerprint density at radius 3 is 2.52 bits per heavy atom. The summed E-state index contributed by atoms with van der Waals surface area (Å²) < 4.78 is 15.8. The summed E-state index contributed by atoms with van der Waals surface area (Å²) in [4.78, 5) is 10.2. The zero-order valence-corrected chi connectivity index (χ0v) is 12.0. The molecule has 0 fully saturated rings. The van der Waals surface area contributed by atoms with Gasteiger partial charge in [0.2, 0.25) is 0 Å². The zero-order chi connectivity index (χ0) is 15.4. The number of ether oxygens (including phenoxy) is 2. The molecular weight excluding hydrogens is 276 g/mol. The van der Waals surface area contributed by atoms with Crippen LogP contribution in [-0.4, -0.2) is 26.2 Å². The number of hydrogen-bond donors (Lipinski definition) is 1. The Balaban J connectivity index is 2.46. The van der Waals surface area contributed by atoms with Crippen LogP contribution in [0.3, 0.4) is 0 Å². The van der Waals surface area contributed by atoms with Crippen LogP contribution in [0.4, 0.5) is 5.88 Å². The summed E-state index contributed by atoms with van der Waals surface area (Å²) in [5.41, 5.74) is 0.767. The van der Waals surface area contributed by atoms with Crippen molar-refractivity contribution in [2.45, 2.75) is 6.04 Å². The third-order valence-electron chi connectivity index (χ3n) is 3.11. The molecular formula is C14H16N2O5. The van der Waals surface area contributed by atoms with Gasteiger partial charge < -0.3 is 19.2 Å². The predicted molar refractivity (Wildman–Crippen MR) is 75.8 cm³/mol. The summed E-state index contributed by atoms with van der Waals surface area (Å²) in [6.07, 6.45) is 0. The van der Waals surface area contributed by atoms with Gasteiger partial charge in [-0.15, -0.1) is 0 Å². The average molecular weight is 292 g/mol. The number of hydrogen-bond acceptors (Lipinski definition) is 6. The molecule has 0 aliphatic rings. The summed E-state index contributed by atoms with van der Waals surface area (Å²) in [6, 6.07) is 7.86. The first kappa shape index (κ1) is 14.9. The van der Waals surface area contributed by atoms with Crippen molar-refractivity contribution < 1.29 is 18.8 Å². The smallest absolute Gasteiger partial charge is 0.433 e. The highest BCUT2D eigenvalue weighted by molar-refractivity contribution is 5.45. The molecule has 7 nitrogen and oxygen atoms in total. The topological polar surface area (TPSA) is 86.8 Å². The van der Waals surface area contributed by atoms with Crippen molar-refractivity contribution in [1.82, 2.24) is 5.32 Å². The molecule has 0 bridgehead atoms. The third-order valence-corrected chi connectivity index (χ3v) is 3.11. The molecule has 0 aliphatic carbocycles. The summed E-state index contributed by atoms with van der Waals surface area (Å²) in [5, 5.41) is 13.8. The highest BCUT2D eigenvalue weighted by Crippen LogP contribution is 2.34. The van der Waals surface area contributed by atoms with E-state index >= 15 is 0 Å². The lowest BCUT2D eigenvalue weighted by molar-refractivity contribution is -0.402. The van der Waals surface area contributed by atoms with Gasteiger partial charge in [-0.1, -0.05) is 0 Å². The van der Waals surface area contributed by atoms with Gasteiger partial charge in [0.15, 0.2) is 0 Å². The molecule has 2 rings (SSSR count). The first-order valence-corrected chi connectivity index (χ1v) is 6.24. The maximum Gasteiger partial charge on any atom is 0.433 e. The van der Waals surface area contributed by atoms with E-state index in [-0.39, 0.29) is 11.9 Å². The summed E-state index contributed by atoms with van der Waals surface area (Å²) >= 11 is 0. The van der Waals surface area contributed by atoms with Crippen LogP contribution in [0, 0.1) is 10.1 Å². The highest BCUT2D eigenvalue weighted by Gasteiger charge is 2.23. The third kappa shape index (κ3) is 2.97. The van der Waals surface area contributed by atoms with Crippen LogP contribution in [0.25, 0.3) is 0 Å². The van der Waals surface area contributed by atoms with E-state index in [9.17, 15) is 10.1 Å². The molecule has 1 atom stereocenters. The molecule has 0 radical (unpaired) electrons. The molecule has 1 unspecified atom stereocenters. The fourth-order valence-corrected chi connectivity index (χ4v) is 2.11. The lowest BCUT2D eigenvalue weighted by Crippen LogP contribution is -2.18. The molecule has 1 aromatic heterocycles. The predicted octanol–water partition coefficient (Wildman–Crippen LogP) is 2.51. The fourth-order valence-electron chi connectivity index (χ4n) is 2.11. The molecule has 0 saturated carbocycles. The lowest BCUT2D eigenvalue weighted by Gasteiger charge is -2.18. The van der Waals surface area contributed by atoms with Gasteiger partial charge in [0.1, 0.15) is 22.2 Å². The van der Waals surface area contributed by atoms with Crippen LogP contribution >= 0.6 is 0 Å². The second-order valence-electron chi connectivity index (χ2n) is 4.26. The lowest BCUT2D eigenvalue weighted by atomic mass is 10.0. The van der Waals surface area contributed by atoms with E-state index in [2.05, 4.69) is 5.32 Å². The maximum atomic E-state index is 10.7. The molecule has 0 aliphatic heterocycles. The summed E-state index contributed by atoms with van der Waals surface area (Å²) in [7, 11) is 4.86. The molecule has 21 heavy (non-hydrogen) atoms. The van der Waals surface area contributed by atoms with Gasteiger partial charge in [0, 0.05) is 5.56 Å². The van der Waals surface area contributed by atoms with Crippen LogP contribution in [-0.2, 0) is 0 Å². The van der Waals surface area contributed by atoms with Gasteiger partial charge >= 0.3 is 5.88 Å². The Kier molecular flexibility index (Phi) is 4.44. The van der Waals surface area contributed by atoms with Crippen LogP contribution in [0.2, 0.25) is 0 Å². The minimum Gasteiger partial charge on any atom is -0.497 e. The summed E-state index contributed by atoms with van der Waals surface area (Å²) in [5.74, 6) is 1.42. The molecule has 112 valence electrons. The van der Waals surface area contributed by atoms with E-state index in [0.717, 1.165) is 5.56 Å². The van der Waals surface area contributed by atoms with Gasteiger partial charge in [0.25, 0.3) is 0 Å². The van der Waals surface area contributed by atoms with Crippen molar-refractivity contribution in [3.63, 3.8) is 0 Å². The minimum absolute atomic E-state index is 0.299. The van der Waals surface area contributed by atoms with E-state index in [1.54, 1.807) is 45.5 Å². The van der Waals surface area contributed by atoms with E-state index in [1.807, 2.05) is 0 Å². The van der Waals surface area contributed by atoms with E-state index < -0.39 is 4.92 Å². The van der Waals surface area contributed by atoms with Crippen LogP contribution in [0.5, 0.6) is 11.5 Å². The standard InChI is InChI=1S/C14H16N2O5/c1-15-14(12-6-7-13(21-12)16(17)18)10-8-9(19-2)4-5-11(10)20-3/h4-8,14-15H,1-3H3. The number of nitro groups is 1. The van der Waals surface area contributed by atoms with E-state index in [0.29, 0.717) is 17.3 Å². The summed E-state index contributed by atoms with van der Waals surface area (Å²) in [6.45, 7) is 0. The Labute approximate surface area is 121 Å². The van der Waals surface area contributed by atoms with Crippen LogP contribution in [0.15, 0.2) is 34.7 Å². The first-order chi connectivity index (χ1) is 10.1. The molecule has 0 saturated heterocycles. The SMILES string of the molecule is CNC(c1ccc([N+](=O)[O-])o1)c1cc(OC)ccc1OC. The second-order valence-corrected chi connectivity index (χ2v) is 4.26. The quantitative estimate of drug-likeness (QED) is 0.650. The van der Waals surface area contributed by atoms with Crippen molar-refractivity contribution >= 4 is 5.88 Å². The maximum absolute atomic E-state index is 10.7. The Hall–Kier alpha value is -2.54. The molecule has 0 amide bonds. The minimum atomic E-state index is -0.570. The Morgan fingerprint density at radius 2 is 2.00 bits per heavy atom. The van der Waals surface area contributed by atoms with E-state index in [4.69, 9.17) is 13.9 Å². The Bertz CT molecular complexity index is 638.